The number of ether oxygens (including phenoxy) is 1. The summed E-state index contributed by atoms with van der Waals surface area (Å²) in [6.45, 7) is 4.29. The fraction of sp³-hybridized carbons (Fsp3) is 0.692. The summed E-state index contributed by atoms with van der Waals surface area (Å²) in [5.74, 6) is 0.324. The summed E-state index contributed by atoms with van der Waals surface area (Å²) in [5, 5.41) is 10.8. The fourth-order valence-corrected chi connectivity index (χ4v) is 2.41. The fourth-order valence-electron chi connectivity index (χ4n) is 2.41. The molecule has 21 heavy (non-hydrogen) atoms. The monoisotopic (exact) mass is 295 g/mol. The molecule has 0 radical (unpaired) electrons. The highest BCUT2D eigenvalue weighted by Gasteiger charge is 2.21. The van der Waals surface area contributed by atoms with E-state index in [1.165, 1.54) is 6.20 Å². The maximum atomic E-state index is 10.8. The summed E-state index contributed by atoms with van der Waals surface area (Å²) in [7, 11) is 0. The van der Waals surface area contributed by atoms with Crippen molar-refractivity contribution in [2.75, 3.05) is 30.3 Å². The van der Waals surface area contributed by atoms with Crippen LogP contribution in [0, 0.1) is 10.1 Å². The van der Waals surface area contributed by atoms with Gasteiger partial charge in [0.1, 0.15) is 6.20 Å². The van der Waals surface area contributed by atoms with E-state index in [4.69, 9.17) is 10.5 Å². The van der Waals surface area contributed by atoms with Crippen LogP contribution in [0.2, 0.25) is 0 Å². The number of anilines is 2. The summed E-state index contributed by atoms with van der Waals surface area (Å²) in [6.07, 6.45) is 5.53. The van der Waals surface area contributed by atoms with Crippen LogP contribution < -0.4 is 10.6 Å². The normalized spacial score (nSPS) is 18.4. The second kappa shape index (κ2) is 7.16. The number of nitrogen functional groups attached to an aromatic ring is 1. The number of hydrogen-bond acceptors (Lipinski definition) is 7. The van der Waals surface area contributed by atoms with Gasteiger partial charge in [-0.1, -0.05) is 6.92 Å². The molecule has 1 aliphatic heterocycles. The van der Waals surface area contributed by atoms with E-state index in [0.29, 0.717) is 12.5 Å². The van der Waals surface area contributed by atoms with Gasteiger partial charge in [-0.3, -0.25) is 10.1 Å². The molecule has 1 aromatic rings. The zero-order chi connectivity index (χ0) is 15.2. The van der Waals surface area contributed by atoms with Crippen LogP contribution in [-0.4, -0.2) is 40.7 Å². The summed E-state index contributed by atoms with van der Waals surface area (Å²) in [6, 6.07) is 0. The van der Waals surface area contributed by atoms with Crippen molar-refractivity contribution in [1.82, 2.24) is 9.97 Å². The maximum absolute atomic E-state index is 10.8. The number of nitrogens with zero attached hydrogens (tertiary/aromatic N) is 4. The van der Waals surface area contributed by atoms with Crippen molar-refractivity contribution in [2.24, 2.45) is 0 Å². The molecule has 2 heterocycles. The molecule has 0 saturated carbocycles. The molecular formula is C13H21N5O3. The van der Waals surface area contributed by atoms with Crippen LogP contribution >= 0.6 is 0 Å². The Morgan fingerprint density at radius 3 is 2.95 bits per heavy atom. The van der Waals surface area contributed by atoms with Crippen LogP contribution in [0.4, 0.5) is 17.5 Å². The van der Waals surface area contributed by atoms with Gasteiger partial charge < -0.3 is 15.4 Å². The van der Waals surface area contributed by atoms with E-state index < -0.39 is 4.92 Å². The van der Waals surface area contributed by atoms with E-state index in [2.05, 4.69) is 16.9 Å². The first-order valence-corrected chi connectivity index (χ1v) is 7.25. The van der Waals surface area contributed by atoms with Crippen molar-refractivity contribution in [3.8, 4) is 0 Å². The standard InChI is InChI=1S/C13H21N5O3/c1-2-6-17(9-10-5-3-4-7-21-10)13-15-8-11(18(19)20)12(14)16-13/h8,10H,2-7,9H2,1H3,(H2,14,15,16). The molecule has 0 bridgehead atoms. The van der Waals surface area contributed by atoms with Gasteiger partial charge in [-0.05, 0) is 25.7 Å². The average molecular weight is 295 g/mol. The van der Waals surface area contributed by atoms with E-state index in [9.17, 15) is 10.1 Å². The van der Waals surface area contributed by atoms with Crippen LogP contribution in [0.1, 0.15) is 32.6 Å². The Labute approximate surface area is 123 Å². The minimum absolute atomic E-state index is 0.101. The molecule has 116 valence electrons. The van der Waals surface area contributed by atoms with Gasteiger partial charge in [0.05, 0.1) is 11.0 Å². The Balaban J connectivity index is 2.13. The first-order chi connectivity index (χ1) is 10.1. The number of rotatable bonds is 6. The van der Waals surface area contributed by atoms with Crippen LogP contribution in [0.5, 0.6) is 0 Å². The number of nitrogens with two attached hydrogens (primary N) is 1. The topological polar surface area (TPSA) is 107 Å². The largest absolute Gasteiger partial charge is 0.378 e. The Hall–Kier alpha value is -1.96. The first kappa shape index (κ1) is 15.4. The third kappa shape index (κ3) is 4.01. The quantitative estimate of drug-likeness (QED) is 0.629. The van der Waals surface area contributed by atoms with E-state index in [-0.39, 0.29) is 17.6 Å². The average Bonchev–Trinajstić information content (AvgIpc) is 2.47. The van der Waals surface area contributed by atoms with Crippen LogP contribution in [0.25, 0.3) is 0 Å². The first-order valence-electron chi connectivity index (χ1n) is 7.25. The molecule has 1 atom stereocenters. The Morgan fingerprint density at radius 2 is 2.38 bits per heavy atom. The van der Waals surface area contributed by atoms with Crippen molar-refractivity contribution in [2.45, 2.75) is 38.7 Å². The van der Waals surface area contributed by atoms with Gasteiger partial charge in [0.25, 0.3) is 0 Å². The predicted molar refractivity (Wildman–Crippen MR) is 79.2 cm³/mol. The molecule has 1 unspecified atom stereocenters. The molecule has 8 nitrogen and oxygen atoms in total. The molecule has 0 aromatic carbocycles. The Bertz CT molecular complexity index is 491. The third-order valence-corrected chi connectivity index (χ3v) is 3.46. The molecule has 1 saturated heterocycles. The smallest absolute Gasteiger partial charge is 0.329 e. The molecule has 0 spiro atoms. The van der Waals surface area contributed by atoms with Gasteiger partial charge in [-0.25, -0.2) is 4.98 Å². The Morgan fingerprint density at radius 1 is 1.57 bits per heavy atom. The second-order valence-electron chi connectivity index (χ2n) is 5.13. The minimum Gasteiger partial charge on any atom is -0.378 e. The van der Waals surface area contributed by atoms with Gasteiger partial charge in [-0.2, -0.15) is 4.98 Å². The zero-order valence-corrected chi connectivity index (χ0v) is 12.2. The van der Waals surface area contributed by atoms with Gasteiger partial charge in [0.2, 0.25) is 11.8 Å². The van der Waals surface area contributed by atoms with Crippen LogP contribution in [0.3, 0.4) is 0 Å². The van der Waals surface area contributed by atoms with E-state index in [0.717, 1.165) is 38.8 Å². The van der Waals surface area contributed by atoms with Crippen molar-refractivity contribution in [3.63, 3.8) is 0 Å². The highest BCUT2D eigenvalue weighted by molar-refractivity contribution is 5.53. The van der Waals surface area contributed by atoms with Crippen LogP contribution in [0.15, 0.2) is 6.20 Å². The lowest BCUT2D eigenvalue weighted by atomic mass is 10.1. The molecule has 0 aliphatic carbocycles. The van der Waals surface area contributed by atoms with Crippen molar-refractivity contribution >= 4 is 17.5 Å². The van der Waals surface area contributed by atoms with Crippen LogP contribution in [-0.2, 0) is 4.74 Å². The van der Waals surface area contributed by atoms with E-state index in [1.807, 2.05) is 4.90 Å². The highest BCUT2D eigenvalue weighted by atomic mass is 16.6. The van der Waals surface area contributed by atoms with Gasteiger partial charge in [0.15, 0.2) is 0 Å². The number of hydrogen-bond donors (Lipinski definition) is 1. The SMILES string of the molecule is CCCN(CC1CCCCO1)c1ncc([N+](=O)[O-])c(N)n1. The molecule has 1 fully saturated rings. The highest BCUT2D eigenvalue weighted by Crippen LogP contribution is 2.22. The Kier molecular flexibility index (Phi) is 5.26. The maximum Gasteiger partial charge on any atom is 0.329 e. The molecular weight excluding hydrogens is 274 g/mol. The summed E-state index contributed by atoms with van der Waals surface area (Å²) >= 11 is 0. The second-order valence-corrected chi connectivity index (χ2v) is 5.13. The van der Waals surface area contributed by atoms with E-state index >= 15 is 0 Å². The lowest BCUT2D eigenvalue weighted by Crippen LogP contribution is -2.37. The predicted octanol–water partition coefficient (Wildman–Crippen LogP) is 1.75. The molecule has 1 aromatic heterocycles. The van der Waals surface area contributed by atoms with Gasteiger partial charge >= 0.3 is 5.69 Å². The lowest BCUT2D eigenvalue weighted by Gasteiger charge is -2.29. The summed E-state index contributed by atoms with van der Waals surface area (Å²) in [4.78, 5) is 20.3. The van der Waals surface area contributed by atoms with Crippen molar-refractivity contribution < 1.29 is 9.66 Å². The molecule has 1 aliphatic rings. The molecule has 2 N–H and O–H groups in total. The van der Waals surface area contributed by atoms with E-state index in [1.54, 1.807) is 0 Å². The van der Waals surface area contributed by atoms with Gasteiger partial charge in [0, 0.05) is 19.7 Å². The lowest BCUT2D eigenvalue weighted by molar-refractivity contribution is -0.384. The summed E-state index contributed by atoms with van der Waals surface area (Å²) in [5.41, 5.74) is 5.38. The zero-order valence-electron chi connectivity index (χ0n) is 12.2. The minimum atomic E-state index is -0.576. The van der Waals surface area contributed by atoms with Crippen molar-refractivity contribution in [1.29, 1.82) is 0 Å². The number of nitro groups is 1. The van der Waals surface area contributed by atoms with Gasteiger partial charge in [-0.15, -0.1) is 0 Å². The third-order valence-electron chi connectivity index (χ3n) is 3.46. The molecule has 2 rings (SSSR count). The number of aromatic nitrogens is 2. The molecule has 0 amide bonds. The molecule has 8 heteroatoms. The summed E-state index contributed by atoms with van der Waals surface area (Å²) < 4.78 is 5.73. The van der Waals surface area contributed by atoms with Crippen molar-refractivity contribution in [3.05, 3.63) is 16.3 Å².